The Bertz CT molecular complexity index is 927. The van der Waals surface area contributed by atoms with Crippen LogP contribution in [0.25, 0.3) is 10.8 Å². The van der Waals surface area contributed by atoms with E-state index < -0.39 is 6.10 Å². The molecule has 0 spiro atoms. The van der Waals surface area contributed by atoms with E-state index in [1.807, 2.05) is 56.3 Å². The van der Waals surface area contributed by atoms with Crippen LogP contribution in [0.15, 0.2) is 71.4 Å². The summed E-state index contributed by atoms with van der Waals surface area (Å²) in [5, 5.41) is 6.56. The highest BCUT2D eigenvalue weighted by atomic mass is 16.5. The van der Waals surface area contributed by atoms with Crippen LogP contribution in [0.2, 0.25) is 0 Å². The van der Waals surface area contributed by atoms with Crippen molar-refractivity contribution in [2.75, 3.05) is 0 Å². The van der Waals surface area contributed by atoms with Crippen molar-refractivity contribution in [3.05, 3.63) is 66.3 Å². The number of allylic oxidation sites excluding steroid dienone is 3. The Balaban J connectivity index is 1.63. The first-order chi connectivity index (χ1) is 12.9. The predicted molar refractivity (Wildman–Crippen MR) is 111 cm³/mol. The van der Waals surface area contributed by atoms with Crippen LogP contribution in [0.1, 0.15) is 33.6 Å². The third kappa shape index (κ3) is 4.64. The minimum Gasteiger partial charge on any atom is -0.481 e. The van der Waals surface area contributed by atoms with Crippen molar-refractivity contribution >= 4 is 22.4 Å². The van der Waals surface area contributed by atoms with Crippen molar-refractivity contribution in [1.29, 1.82) is 0 Å². The normalized spacial score (nSPS) is 19.4. The van der Waals surface area contributed by atoms with Gasteiger partial charge in [-0.15, -0.1) is 0 Å². The Hall–Kier alpha value is -2.88. The molecule has 0 saturated heterocycles. The van der Waals surface area contributed by atoms with E-state index in [1.54, 1.807) is 6.92 Å². The Kier molecular flexibility index (Phi) is 5.75. The third-order valence-electron chi connectivity index (χ3n) is 5.00. The van der Waals surface area contributed by atoms with Crippen molar-refractivity contribution in [3.8, 4) is 5.75 Å². The maximum absolute atomic E-state index is 12.4. The summed E-state index contributed by atoms with van der Waals surface area (Å²) >= 11 is 0. The van der Waals surface area contributed by atoms with E-state index in [2.05, 4.69) is 23.2 Å². The van der Waals surface area contributed by atoms with E-state index in [-0.39, 0.29) is 5.91 Å². The van der Waals surface area contributed by atoms with Crippen molar-refractivity contribution in [1.82, 2.24) is 5.43 Å². The lowest BCUT2D eigenvalue weighted by Gasteiger charge is -2.22. The molecular weight excluding hydrogens is 336 g/mol. The molecular formula is C23H26N2O2. The molecule has 1 aliphatic rings. The van der Waals surface area contributed by atoms with Gasteiger partial charge in [0.05, 0.1) is 5.71 Å². The lowest BCUT2D eigenvalue weighted by molar-refractivity contribution is -0.127. The first kappa shape index (κ1) is 18.9. The maximum Gasteiger partial charge on any atom is 0.280 e. The van der Waals surface area contributed by atoms with E-state index in [0.717, 1.165) is 40.5 Å². The Labute approximate surface area is 160 Å². The van der Waals surface area contributed by atoms with Crippen LogP contribution in [0.5, 0.6) is 5.75 Å². The van der Waals surface area contributed by atoms with Gasteiger partial charge < -0.3 is 4.74 Å². The number of hydrazone groups is 1. The van der Waals surface area contributed by atoms with Gasteiger partial charge in [0.1, 0.15) is 5.75 Å². The zero-order chi connectivity index (χ0) is 19.4. The van der Waals surface area contributed by atoms with Gasteiger partial charge in [0, 0.05) is 0 Å². The number of benzene rings is 2. The molecule has 2 unspecified atom stereocenters. The number of amides is 1. The van der Waals surface area contributed by atoms with Crippen LogP contribution < -0.4 is 10.2 Å². The van der Waals surface area contributed by atoms with E-state index in [1.165, 1.54) is 0 Å². The van der Waals surface area contributed by atoms with Crippen molar-refractivity contribution in [2.24, 2.45) is 11.0 Å². The number of fused-ring (bicyclic) bond motifs is 1. The van der Waals surface area contributed by atoms with Crippen LogP contribution >= 0.6 is 0 Å². The van der Waals surface area contributed by atoms with Gasteiger partial charge in [-0.2, -0.15) is 5.10 Å². The molecule has 27 heavy (non-hydrogen) atoms. The minimum atomic E-state index is -0.639. The molecule has 0 fully saturated rings. The molecule has 0 bridgehead atoms. The van der Waals surface area contributed by atoms with Crippen molar-refractivity contribution < 1.29 is 9.53 Å². The fourth-order valence-electron chi connectivity index (χ4n) is 3.14. The molecule has 2 aromatic rings. The second-order valence-electron chi connectivity index (χ2n) is 7.17. The lowest BCUT2D eigenvalue weighted by atomic mass is 9.85. The molecule has 2 aromatic carbocycles. The molecule has 4 nitrogen and oxygen atoms in total. The molecule has 1 aliphatic carbocycles. The summed E-state index contributed by atoms with van der Waals surface area (Å²) in [4.78, 5) is 12.4. The summed E-state index contributed by atoms with van der Waals surface area (Å²) < 4.78 is 5.80. The smallest absolute Gasteiger partial charge is 0.280 e. The number of nitrogens with zero attached hydrogens (tertiary/aromatic N) is 1. The number of rotatable bonds is 5. The average molecular weight is 362 g/mol. The predicted octanol–water partition coefficient (Wildman–Crippen LogP) is 5.01. The van der Waals surface area contributed by atoms with E-state index >= 15 is 0 Å². The largest absolute Gasteiger partial charge is 0.481 e. The summed E-state index contributed by atoms with van der Waals surface area (Å²) in [6, 6.07) is 13.9. The second kappa shape index (κ2) is 8.21. The standard InChI is InChI=1S/C23H26N2O2/c1-15(2)19-10-9-16(3)22(14-19)24-25-23(26)17(4)27-21-12-11-18-7-5-6-8-20(18)13-21/h5-9,11-13,17,19H,1,10,14H2,2-4H3,(H,25,26)/b24-22+. The highest BCUT2D eigenvalue weighted by Gasteiger charge is 2.20. The molecule has 2 atom stereocenters. The SMILES string of the molecule is C=C(C)C1CC=C(C)/C(=N/NC(=O)C(C)Oc2ccc3ccccc3c2)C1. The van der Waals surface area contributed by atoms with Crippen LogP contribution in [0, 0.1) is 5.92 Å². The zero-order valence-electron chi connectivity index (χ0n) is 16.2. The molecule has 0 radical (unpaired) electrons. The van der Waals surface area contributed by atoms with Crippen LogP contribution in [0.3, 0.4) is 0 Å². The first-order valence-corrected chi connectivity index (χ1v) is 9.28. The number of hydrogen-bond acceptors (Lipinski definition) is 3. The van der Waals surface area contributed by atoms with E-state index in [9.17, 15) is 4.79 Å². The summed E-state index contributed by atoms with van der Waals surface area (Å²) in [5.41, 5.74) is 5.81. The molecule has 0 aromatic heterocycles. The number of carbonyl (C=O) groups is 1. The van der Waals surface area contributed by atoms with Crippen LogP contribution in [-0.2, 0) is 4.79 Å². The number of hydrogen-bond donors (Lipinski definition) is 1. The zero-order valence-corrected chi connectivity index (χ0v) is 16.2. The van der Waals surface area contributed by atoms with E-state index in [0.29, 0.717) is 11.7 Å². The fraction of sp³-hybridized carbons (Fsp3) is 0.304. The van der Waals surface area contributed by atoms with Gasteiger partial charge in [-0.1, -0.05) is 48.6 Å². The molecule has 4 heteroatoms. The molecule has 0 aliphatic heterocycles. The molecule has 1 amide bonds. The van der Waals surface area contributed by atoms with Crippen molar-refractivity contribution in [2.45, 2.75) is 39.7 Å². The Morgan fingerprint density at radius 3 is 2.74 bits per heavy atom. The summed E-state index contributed by atoms with van der Waals surface area (Å²) in [6.07, 6.45) is 3.30. The van der Waals surface area contributed by atoms with Gasteiger partial charge in [0.2, 0.25) is 0 Å². The Morgan fingerprint density at radius 1 is 1.26 bits per heavy atom. The quantitative estimate of drug-likeness (QED) is 0.600. The molecule has 0 saturated carbocycles. The first-order valence-electron chi connectivity index (χ1n) is 9.28. The van der Waals surface area contributed by atoms with E-state index in [4.69, 9.17) is 4.74 Å². The Morgan fingerprint density at radius 2 is 2.00 bits per heavy atom. The third-order valence-corrected chi connectivity index (χ3v) is 5.00. The molecule has 140 valence electrons. The van der Waals surface area contributed by atoms with Gasteiger partial charge in [0.15, 0.2) is 6.10 Å². The number of nitrogens with one attached hydrogen (secondary N) is 1. The van der Waals surface area contributed by atoms with Gasteiger partial charge in [-0.25, -0.2) is 5.43 Å². The van der Waals surface area contributed by atoms with Gasteiger partial charge >= 0.3 is 0 Å². The van der Waals surface area contributed by atoms with Crippen molar-refractivity contribution in [3.63, 3.8) is 0 Å². The average Bonchev–Trinajstić information content (AvgIpc) is 2.66. The summed E-state index contributed by atoms with van der Waals surface area (Å²) in [7, 11) is 0. The summed E-state index contributed by atoms with van der Waals surface area (Å²) in [6.45, 7) is 9.82. The monoisotopic (exact) mass is 362 g/mol. The highest BCUT2D eigenvalue weighted by molar-refractivity contribution is 6.01. The topological polar surface area (TPSA) is 50.7 Å². The molecule has 0 heterocycles. The lowest BCUT2D eigenvalue weighted by Crippen LogP contribution is -2.34. The molecule has 1 N–H and O–H groups in total. The molecule has 3 rings (SSSR count). The van der Waals surface area contributed by atoms with Gasteiger partial charge in [-0.3, -0.25) is 4.79 Å². The van der Waals surface area contributed by atoms with Gasteiger partial charge in [-0.05, 0) is 68.0 Å². The second-order valence-corrected chi connectivity index (χ2v) is 7.17. The van der Waals surface area contributed by atoms with Crippen LogP contribution in [0.4, 0.5) is 0 Å². The number of ether oxygens (including phenoxy) is 1. The highest BCUT2D eigenvalue weighted by Crippen LogP contribution is 2.26. The maximum atomic E-state index is 12.4. The van der Waals surface area contributed by atoms with Crippen LogP contribution in [-0.4, -0.2) is 17.7 Å². The summed E-state index contributed by atoms with van der Waals surface area (Å²) in [5.74, 6) is 0.789. The van der Waals surface area contributed by atoms with Gasteiger partial charge in [0.25, 0.3) is 5.91 Å². The minimum absolute atomic E-state index is 0.263. The fourth-order valence-corrected chi connectivity index (χ4v) is 3.14. The number of carbonyl (C=O) groups excluding carboxylic acids is 1.